The maximum Gasteiger partial charge on any atom is 0.230 e. The monoisotopic (exact) mass is 527 g/mol. The van der Waals surface area contributed by atoms with Crippen LogP contribution < -0.4 is 15.0 Å². The van der Waals surface area contributed by atoms with Crippen LogP contribution in [0, 0.1) is 24.2 Å². The maximum atomic E-state index is 14.0. The van der Waals surface area contributed by atoms with Gasteiger partial charge >= 0.3 is 0 Å². The van der Waals surface area contributed by atoms with Crippen molar-refractivity contribution in [2.24, 2.45) is 11.8 Å². The number of hydrogen-bond donors (Lipinski definition) is 2. The van der Waals surface area contributed by atoms with Gasteiger partial charge in [0.2, 0.25) is 5.91 Å². The Morgan fingerprint density at radius 3 is 2.44 bits per heavy atom. The number of amides is 1. The Bertz CT molecular complexity index is 1170. The molecule has 0 atom stereocenters. The number of nitrogens with one attached hydrogen (secondary N) is 2. The molecule has 3 aliphatic rings. The minimum absolute atomic E-state index is 0.135. The van der Waals surface area contributed by atoms with Crippen molar-refractivity contribution in [3.63, 3.8) is 0 Å². The van der Waals surface area contributed by atoms with Gasteiger partial charge in [-0.1, -0.05) is 43.5 Å². The van der Waals surface area contributed by atoms with Crippen molar-refractivity contribution < 1.29 is 9.53 Å². The summed E-state index contributed by atoms with van der Waals surface area (Å²) in [4.78, 5) is 16.1. The van der Waals surface area contributed by atoms with Crippen LogP contribution in [0.3, 0.4) is 0 Å². The Hall–Kier alpha value is -3.08. The van der Waals surface area contributed by atoms with Crippen LogP contribution in [0.5, 0.6) is 5.75 Å². The van der Waals surface area contributed by atoms with Gasteiger partial charge in [-0.2, -0.15) is 0 Å². The van der Waals surface area contributed by atoms with E-state index in [0.29, 0.717) is 23.8 Å². The predicted molar refractivity (Wildman–Crippen MR) is 161 cm³/mol. The van der Waals surface area contributed by atoms with E-state index >= 15 is 0 Å². The molecule has 1 amide bonds. The Kier molecular flexibility index (Phi) is 9.06. The second-order valence-electron chi connectivity index (χ2n) is 12.0. The van der Waals surface area contributed by atoms with Gasteiger partial charge in [-0.05, 0) is 105 Å². The first kappa shape index (κ1) is 27.5. The highest BCUT2D eigenvalue weighted by Gasteiger charge is 2.31. The van der Waals surface area contributed by atoms with Gasteiger partial charge < -0.3 is 20.4 Å². The molecule has 5 heteroatoms. The van der Waals surface area contributed by atoms with E-state index in [-0.39, 0.29) is 5.92 Å². The first-order valence-corrected chi connectivity index (χ1v) is 15.1. The third-order valence-electron chi connectivity index (χ3n) is 9.10. The van der Waals surface area contributed by atoms with Crippen molar-refractivity contribution >= 4 is 23.4 Å². The van der Waals surface area contributed by atoms with Crippen molar-refractivity contribution in [1.82, 2.24) is 5.32 Å². The molecule has 39 heavy (non-hydrogen) atoms. The lowest BCUT2D eigenvalue weighted by Gasteiger charge is -2.35. The summed E-state index contributed by atoms with van der Waals surface area (Å²) >= 11 is 0. The van der Waals surface area contributed by atoms with Gasteiger partial charge in [-0.3, -0.25) is 4.79 Å². The van der Waals surface area contributed by atoms with Crippen molar-refractivity contribution in [2.45, 2.75) is 89.5 Å². The molecule has 2 aromatic carbocycles. The summed E-state index contributed by atoms with van der Waals surface area (Å²) in [7, 11) is 1.73. The minimum atomic E-state index is 0.135. The average molecular weight is 528 g/mol. The summed E-state index contributed by atoms with van der Waals surface area (Å²) in [6, 6.07) is 15.5. The predicted octanol–water partition coefficient (Wildman–Crippen LogP) is 7.63. The summed E-state index contributed by atoms with van der Waals surface area (Å²) in [5, 5.41) is 11.4. The molecule has 0 saturated heterocycles. The van der Waals surface area contributed by atoms with Crippen LogP contribution in [0.2, 0.25) is 0 Å². The van der Waals surface area contributed by atoms with Crippen molar-refractivity contribution in [3.8, 4) is 5.75 Å². The molecule has 0 aliphatic heterocycles. The number of methoxy groups -OCH3 is 1. The van der Waals surface area contributed by atoms with Gasteiger partial charge in [-0.15, -0.1) is 0 Å². The second kappa shape index (κ2) is 12.8. The highest BCUT2D eigenvalue weighted by atomic mass is 16.5. The van der Waals surface area contributed by atoms with E-state index in [1.165, 1.54) is 36.6 Å². The van der Waals surface area contributed by atoms with Crippen LogP contribution in [-0.2, 0) is 4.79 Å². The van der Waals surface area contributed by atoms with Gasteiger partial charge in [-0.25, -0.2) is 0 Å². The summed E-state index contributed by atoms with van der Waals surface area (Å²) in [6.45, 7) is 2.91. The van der Waals surface area contributed by atoms with Crippen LogP contribution in [-0.4, -0.2) is 31.8 Å². The van der Waals surface area contributed by atoms with Crippen LogP contribution in [0.25, 0.3) is 5.57 Å². The average Bonchev–Trinajstić information content (AvgIpc) is 3.81. The Morgan fingerprint density at radius 1 is 1.00 bits per heavy atom. The fourth-order valence-corrected chi connectivity index (χ4v) is 6.50. The van der Waals surface area contributed by atoms with E-state index in [2.05, 4.69) is 53.5 Å². The summed E-state index contributed by atoms with van der Waals surface area (Å²) in [5.74, 6) is 2.48. The fraction of sp³-hybridized carbons (Fsp3) is 0.529. The molecule has 0 bridgehead atoms. The Labute approximate surface area is 234 Å². The topological polar surface area (TPSA) is 65.4 Å². The molecule has 5 rings (SSSR count). The van der Waals surface area contributed by atoms with Crippen LogP contribution in [0.15, 0.2) is 48.7 Å². The Balaban J connectivity index is 1.31. The van der Waals surface area contributed by atoms with Gasteiger partial charge in [0.05, 0.1) is 7.11 Å². The number of allylic oxidation sites excluding steroid dienone is 1. The summed E-state index contributed by atoms with van der Waals surface area (Å²) in [6.07, 6.45) is 16.0. The third-order valence-corrected chi connectivity index (χ3v) is 9.10. The number of benzene rings is 2. The zero-order valence-electron chi connectivity index (χ0n) is 23.8. The third kappa shape index (κ3) is 6.93. The summed E-state index contributed by atoms with van der Waals surface area (Å²) in [5.41, 5.74) is 5.46. The number of anilines is 1. The number of nitrogens with zero attached hydrogens (tertiary/aromatic N) is 1. The molecule has 3 saturated carbocycles. The molecule has 5 nitrogen and oxygen atoms in total. The van der Waals surface area contributed by atoms with Crippen LogP contribution >= 0.6 is 0 Å². The van der Waals surface area contributed by atoms with Gasteiger partial charge in [0.1, 0.15) is 5.75 Å². The van der Waals surface area contributed by atoms with Gasteiger partial charge in [0, 0.05) is 42.2 Å². The van der Waals surface area contributed by atoms with Crippen molar-refractivity contribution in [3.05, 3.63) is 65.4 Å². The van der Waals surface area contributed by atoms with Gasteiger partial charge in [0.25, 0.3) is 0 Å². The molecular weight excluding hydrogens is 482 g/mol. The SMILES string of the molecule is COc1ccc(C2CCC(CN(C(=O)C3CCCCC3)c3cccc(/C(C=N)=C/NC4CC4)c3)CC2)cc1C. The van der Waals surface area contributed by atoms with Crippen LogP contribution in [0.4, 0.5) is 5.69 Å². The smallest absolute Gasteiger partial charge is 0.230 e. The number of rotatable bonds is 10. The molecule has 0 heterocycles. The molecule has 3 fully saturated rings. The van der Waals surface area contributed by atoms with Crippen molar-refractivity contribution in [1.29, 1.82) is 5.41 Å². The molecule has 0 unspecified atom stereocenters. The highest BCUT2D eigenvalue weighted by Crippen LogP contribution is 2.39. The van der Waals surface area contributed by atoms with E-state index in [1.54, 1.807) is 7.11 Å². The molecule has 0 spiro atoms. The van der Waals surface area contributed by atoms with E-state index in [0.717, 1.165) is 80.5 Å². The van der Waals surface area contributed by atoms with E-state index in [1.807, 2.05) is 12.3 Å². The minimum Gasteiger partial charge on any atom is -0.496 e. The summed E-state index contributed by atoms with van der Waals surface area (Å²) < 4.78 is 5.46. The zero-order valence-corrected chi connectivity index (χ0v) is 23.8. The van der Waals surface area contributed by atoms with E-state index < -0.39 is 0 Å². The lowest BCUT2D eigenvalue weighted by atomic mass is 9.78. The molecule has 0 aromatic heterocycles. The number of carbonyl (C=O) groups excluding carboxylic acids is 1. The van der Waals surface area contributed by atoms with Crippen LogP contribution in [0.1, 0.15) is 93.2 Å². The number of hydrogen-bond acceptors (Lipinski definition) is 4. The largest absolute Gasteiger partial charge is 0.496 e. The molecule has 2 N–H and O–H groups in total. The number of ether oxygens (including phenoxy) is 1. The molecule has 3 aliphatic carbocycles. The quantitative estimate of drug-likeness (QED) is 0.312. The lowest BCUT2D eigenvalue weighted by Crippen LogP contribution is -2.41. The van der Waals surface area contributed by atoms with E-state index in [4.69, 9.17) is 10.1 Å². The normalized spacial score (nSPS) is 22.3. The molecule has 0 radical (unpaired) electrons. The number of carbonyl (C=O) groups is 1. The highest BCUT2D eigenvalue weighted by molar-refractivity contribution is 6.08. The molecule has 208 valence electrons. The van der Waals surface area contributed by atoms with Gasteiger partial charge in [0.15, 0.2) is 0 Å². The standard InChI is InChI=1S/C34H45N3O2/c1-24-19-29(15-18-33(24)39-2)26-13-11-25(12-14-26)23-37(34(38)27-7-4-3-5-8-27)32-10-6-9-28(20-32)30(21-35)22-36-31-16-17-31/h6,9-10,15,18-22,25-27,31,35-36H,3-5,7-8,11-14,16-17,23H2,1-2H3/b30-22+,35-21?. The first-order valence-electron chi connectivity index (χ1n) is 15.1. The molecule has 2 aromatic rings. The maximum absolute atomic E-state index is 14.0. The first-order chi connectivity index (χ1) is 19.1. The van der Waals surface area contributed by atoms with Crippen molar-refractivity contribution in [2.75, 3.05) is 18.6 Å². The Morgan fingerprint density at radius 2 is 1.77 bits per heavy atom. The lowest BCUT2D eigenvalue weighted by molar-refractivity contribution is -0.123. The van der Waals surface area contributed by atoms with E-state index in [9.17, 15) is 4.79 Å². The second-order valence-corrected chi connectivity index (χ2v) is 12.0. The molecular formula is C34H45N3O2. The zero-order chi connectivity index (χ0) is 27.2. The number of aryl methyl sites for hydroxylation is 1. The fourth-order valence-electron chi connectivity index (χ4n) is 6.50.